The summed E-state index contributed by atoms with van der Waals surface area (Å²) < 4.78 is 5.20. The predicted molar refractivity (Wildman–Crippen MR) is 100 cm³/mol. The molecule has 0 saturated heterocycles. The van der Waals surface area contributed by atoms with Gasteiger partial charge in [-0.2, -0.15) is 0 Å². The Hall–Kier alpha value is -1.89. The number of carbonyl (C=O) groups excluding carboxylic acids is 1. The summed E-state index contributed by atoms with van der Waals surface area (Å²) >= 11 is 13.8. The number of esters is 1. The number of ether oxygens (including phenoxy) is 1. The molecule has 0 aliphatic carbocycles. The summed E-state index contributed by atoms with van der Waals surface area (Å²) in [5.74, 6) is 0.169. The molecule has 0 spiro atoms. The molecule has 1 aliphatic heterocycles. The zero-order valence-corrected chi connectivity index (χ0v) is 15.9. The summed E-state index contributed by atoms with van der Waals surface area (Å²) in [5.41, 5.74) is 1.77. The molecule has 0 bridgehead atoms. The van der Waals surface area contributed by atoms with Crippen LogP contribution >= 0.6 is 34.5 Å². The van der Waals surface area contributed by atoms with Crippen LogP contribution in [0.3, 0.4) is 0 Å². The lowest BCUT2D eigenvalue weighted by Gasteiger charge is -2.26. The Kier molecular flexibility index (Phi) is 5.42. The molecule has 1 atom stereocenters. The molecule has 2 aromatic rings. The quantitative estimate of drug-likeness (QED) is 0.780. The number of hydrogen-bond donors (Lipinski definition) is 1. The topological polar surface area (TPSA) is 63.6 Å². The zero-order valence-electron chi connectivity index (χ0n) is 13.5. The molecule has 0 radical (unpaired) electrons. The number of aliphatic imine (C=N–C) groups is 1. The standard InChI is InChI=1S/C17H15Cl2N3O2S/c1-3-24-17(23)13-9(2)21-15(16-20-6-7-25-16)22-14(13)11-5-4-10(18)8-12(11)19/h4-8,14H,3H2,1-2H3,(H,21,22). The van der Waals surface area contributed by atoms with Crippen molar-refractivity contribution < 1.29 is 9.53 Å². The molecule has 3 rings (SSSR count). The van der Waals surface area contributed by atoms with E-state index < -0.39 is 12.0 Å². The van der Waals surface area contributed by atoms with E-state index in [4.69, 9.17) is 27.9 Å². The van der Waals surface area contributed by atoms with Gasteiger partial charge in [-0.25, -0.2) is 9.78 Å². The number of aromatic nitrogens is 1. The fourth-order valence-electron chi connectivity index (χ4n) is 2.55. The Bertz CT molecular complexity index is 863. The van der Waals surface area contributed by atoms with Crippen molar-refractivity contribution in [2.45, 2.75) is 19.9 Å². The van der Waals surface area contributed by atoms with Crippen molar-refractivity contribution in [3.05, 3.63) is 61.7 Å². The molecular weight excluding hydrogens is 381 g/mol. The SMILES string of the molecule is CCOC(=O)C1=C(C)NC(c2nccs2)=NC1c1ccc(Cl)cc1Cl. The van der Waals surface area contributed by atoms with Crippen molar-refractivity contribution in [1.29, 1.82) is 0 Å². The molecule has 1 aromatic heterocycles. The third-order valence-electron chi connectivity index (χ3n) is 3.63. The second-order valence-electron chi connectivity index (χ2n) is 5.27. The van der Waals surface area contributed by atoms with Crippen LogP contribution in [0, 0.1) is 0 Å². The van der Waals surface area contributed by atoms with Crippen LogP contribution in [0.25, 0.3) is 0 Å². The summed E-state index contributed by atoms with van der Waals surface area (Å²) in [5, 5.41) is 6.70. The van der Waals surface area contributed by atoms with Crippen LogP contribution < -0.4 is 5.32 Å². The van der Waals surface area contributed by atoms with E-state index in [9.17, 15) is 4.79 Å². The van der Waals surface area contributed by atoms with Crippen molar-refractivity contribution in [2.24, 2.45) is 4.99 Å². The maximum Gasteiger partial charge on any atom is 0.338 e. The third-order valence-corrected chi connectivity index (χ3v) is 4.97. The van der Waals surface area contributed by atoms with Gasteiger partial charge in [-0.15, -0.1) is 11.3 Å². The minimum atomic E-state index is -0.594. The minimum Gasteiger partial charge on any atom is -0.463 e. The van der Waals surface area contributed by atoms with E-state index in [0.29, 0.717) is 32.7 Å². The lowest BCUT2D eigenvalue weighted by Crippen LogP contribution is -2.32. The number of benzene rings is 1. The van der Waals surface area contributed by atoms with Gasteiger partial charge in [0.05, 0.1) is 12.2 Å². The van der Waals surface area contributed by atoms with E-state index in [1.165, 1.54) is 11.3 Å². The van der Waals surface area contributed by atoms with Crippen molar-refractivity contribution in [3.8, 4) is 0 Å². The van der Waals surface area contributed by atoms with E-state index in [-0.39, 0.29) is 6.61 Å². The van der Waals surface area contributed by atoms with Gasteiger partial charge in [-0.3, -0.25) is 4.99 Å². The summed E-state index contributed by atoms with van der Waals surface area (Å²) in [6.07, 6.45) is 1.70. The molecular formula is C17H15Cl2N3O2S. The van der Waals surface area contributed by atoms with Crippen LogP contribution in [0.15, 0.2) is 46.0 Å². The maximum atomic E-state index is 12.5. The molecule has 1 N–H and O–H groups in total. The molecule has 0 fully saturated rings. The molecule has 1 aromatic carbocycles. The number of thiazole rings is 1. The molecule has 2 heterocycles. The van der Waals surface area contributed by atoms with Crippen molar-refractivity contribution in [1.82, 2.24) is 10.3 Å². The average Bonchev–Trinajstić information content (AvgIpc) is 3.08. The molecule has 0 saturated carbocycles. The van der Waals surface area contributed by atoms with E-state index >= 15 is 0 Å². The first-order valence-electron chi connectivity index (χ1n) is 7.58. The summed E-state index contributed by atoms with van der Waals surface area (Å²) in [7, 11) is 0. The Labute approximate surface area is 159 Å². The van der Waals surface area contributed by atoms with Crippen LogP contribution in [0.2, 0.25) is 10.0 Å². The van der Waals surface area contributed by atoms with E-state index in [0.717, 1.165) is 5.01 Å². The largest absolute Gasteiger partial charge is 0.463 e. The number of rotatable bonds is 4. The molecule has 1 aliphatic rings. The number of halogens is 2. The second kappa shape index (κ2) is 7.56. The van der Waals surface area contributed by atoms with Crippen molar-refractivity contribution in [2.75, 3.05) is 6.61 Å². The monoisotopic (exact) mass is 395 g/mol. The Morgan fingerprint density at radius 1 is 1.40 bits per heavy atom. The molecule has 5 nitrogen and oxygen atoms in total. The van der Waals surface area contributed by atoms with Crippen LogP contribution in [-0.2, 0) is 9.53 Å². The summed E-state index contributed by atoms with van der Waals surface area (Å²) in [6, 6.07) is 4.54. The molecule has 1 unspecified atom stereocenters. The Balaban J connectivity index is 2.11. The smallest absolute Gasteiger partial charge is 0.338 e. The van der Waals surface area contributed by atoms with Gasteiger partial charge >= 0.3 is 5.97 Å². The minimum absolute atomic E-state index is 0.278. The highest BCUT2D eigenvalue weighted by Gasteiger charge is 2.32. The number of allylic oxidation sites excluding steroid dienone is 1. The van der Waals surface area contributed by atoms with Crippen LogP contribution in [-0.4, -0.2) is 23.4 Å². The first-order valence-corrected chi connectivity index (χ1v) is 9.22. The number of amidine groups is 1. The zero-order chi connectivity index (χ0) is 18.0. The number of hydrogen-bond acceptors (Lipinski definition) is 6. The lowest BCUT2D eigenvalue weighted by atomic mass is 9.96. The second-order valence-corrected chi connectivity index (χ2v) is 7.01. The average molecular weight is 396 g/mol. The number of carbonyl (C=O) groups is 1. The van der Waals surface area contributed by atoms with Gasteiger partial charge in [-0.1, -0.05) is 29.3 Å². The fourth-order valence-corrected chi connectivity index (χ4v) is 3.65. The van der Waals surface area contributed by atoms with Crippen LogP contribution in [0.5, 0.6) is 0 Å². The Morgan fingerprint density at radius 2 is 2.20 bits per heavy atom. The van der Waals surface area contributed by atoms with E-state index in [2.05, 4.69) is 15.3 Å². The van der Waals surface area contributed by atoms with E-state index in [1.54, 1.807) is 31.3 Å². The van der Waals surface area contributed by atoms with Gasteiger partial charge in [0.2, 0.25) is 0 Å². The third kappa shape index (κ3) is 3.71. The Morgan fingerprint density at radius 3 is 2.84 bits per heavy atom. The lowest BCUT2D eigenvalue weighted by molar-refractivity contribution is -0.138. The van der Waals surface area contributed by atoms with Gasteiger partial charge in [0.15, 0.2) is 10.8 Å². The molecule has 130 valence electrons. The summed E-state index contributed by atoms with van der Waals surface area (Å²) in [4.78, 5) is 21.5. The normalized spacial score (nSPS) is 17.1. The van der Waals surface area contributed by atoms with Gasteiger partial charge in [0.25, 0.3) is 0 Å². The van der Waals surface area contributed by atoms with Gasteiger partial charge in [0.1, 0.15) is 6.04 Å². The first-order chi connectivity index (χ1) is 12.0. The fraction of sp³-hybridized carbons (Fsp3) is 0.235. The first kappa shape index (κ1) is 17.9. The molecule has 0 amide bonds. The predicted octanol–water partition coefficient (Wildman–Crippen LogP) is 4.38. The van der Waals surface area contributed by atoms with Crippen LogP contribution in [0.1, 0.15) is 30.5 Å². The maximum absolute atomic E-state index is 12.5. The highest BCUT2D eigenvalue weighted by Crippen LogP contribution is 2.37. The van der Waals surface area contributed by atoms with Crippen molar-refractivity contribution >= 4 is 46.3 Å². The molecule has 8 heteroatoms. The van der Waals surface area contributed by atoms with Crippen molar-refractivity contribution in [3.63, 3.8) is 0 Å². The number of nitrogens with zero attached hydrogens (tertiary/aromatic N) is 2. The molecule has 25 heavy (non-hydrogen) atoms. The highest BCUT2D eigenvalue weighted by atomic mass is 35.5. The van der Waals surface area contributed by atoms with Gasteiger partial charge in [0, 0.05) is 32.9 Å². The highest BCUT2D eigenvalue weighted by molar-refractivity contribution is 7.11. The van der Waals surface area contributed by atoms with Crippen LogP contribution in [0.4, 0.5) is 0 Å². The summed E-state index contributed by atoms with van der Waals surface area (Å²) in [6.45, 7) is 3.85. The van der Waals surface area contributed by atoms with Gasteiger partial charge < -0.3 is 10.1 Å². The number of nitrogens with one attached hydrogen (secondary N) is 1. The van der Waals surface area contributed by atoms with E-state index in [1.807, 2.05) is 12.3 Å². The van der Waals surface area contributed by atoms with Gasteiger partial charge in [-0.05, 0) is 26.0 Å².